The number of piperidine rings is 1. The van der Waals surface area contributed by atoms with Gasteiger partial charge in [-0.2, -0.15) is 0 Å². The molecule has 0 bridgehead atoms. The quantitative estimate of drug-likeness (QED) is 0.643. The average Bonchev–Trinajstić information content (AvgIpc) is 3.03. The van der Waals surface area contributed by atoms with E-state index in [9.17, 15) is 9.59 Å². The third-order valence-electron chi connectivity index (χ3n) is 5.61. The lowest BCUT2D eigenvalue weighted by atomic mass is 9.97. The number of rotatable bonds is 8. The summed E-state index contributed by atoms with van der Waals surface area (Å²) < 4.78 is 17.5. The van der Waals surface area contributed by atoms with E-state index in [4.69, 9.17) is 14.2 Å². The molecule has 4 atom stereocenters. The summed E-state index contributed by atoms with van der Waals surface area (Å²) in [6.45, 7) is 1.77. The van der Waals surface area contributed by atoms with E-state index in [1.165, 1.54) is 0 Å². The van der Waals surface area contributed by atoms with Crippen molar-refractivity contribution in [1.29, 1.82) is 0 Å². The molecule has 0 aliphatic carbocycles. The van der Waals surface area contributed by atoms with Crippen molar-refractivity contribution in [3.05, 3.63) is 71.8 Å². The average molecular weight is 395 g/mol. The molecular weight excluding hydrogens is 370 g/mol. The van der Waals surface area contributed by atoms with Crippen molar-refractivity contribution in [2.75, 3.05) is 6.54 Å². The van der Waals surface area contributed by atoms with Crippen LogP contribution < -0.4 is 0 Å². The molecule has 0 aromatic heterocycles. The summed E-state index contributed by atoms with van der Waals surface area (Å²) >= 11 is 0. The Bertz CT molecular complexity index is 813. The lowest BCUT2D eigenvalue weighted by Crippen LogP contribution is -2.46. The van der Waals surface area contributed by atoms with Crippen molar-refractivity contribution in [1.82, 2.24) is 4.90 Å². The van der Waals surface area contributed by atoms with E-state index in [1.54, 1.807) is 0 Å². The molecular formula is C23H25NO5. The van der Waals surface area contributed by atoms with Crippen LogP contribution in [0, 0.1) is 0 Å². The summed E-state index contributed by atoms with van der Waals surface area (Å²) in [6.07, 6.45) is -0.0759. The summed E-state index contributed by atoms with van der Waals surface area (Å²) in [4.78, 5) is 25.7. The fraction of sp³-hybridized carbons (Fsp3) is 0.391. The molecule has 6 heteroatoms. The van der Waals surface area contributed by atoms with Crippen LogP contribution in [0.2, 0.25) is 0 Å². The Hall–Kier alpha value is -2.70. The SMILES string of the molecule is O=CO[C@@H]1CCN2C(=O)[C@H](OCc3ccccc3)[C@@H](OCc3ccccc3)[C@@H]2C1. The van der Waals surface area contributed by atoms with Crippen LogP contribution in [0.25, 0.3) is 0 Å². The second-order valence-corrected chi connectivity index (χ2v) is 7.46. The standard InChI is InChI=1S/C23H25NO5/c25-16-29-19-11-12-24-20(13-19)21(27-14-17-7-3-1-4-8-17)22(23(24)26)28-15-18-9-5-2-6-10-18/h1-10,16,19-22H,11-15H2/t19-,20+,21+,22-/m1/s1. The van der Waals surface area contributed by atoms with Crippen molar-refractivity contribution in [2.45, 2.75) is 50.4 Å². The van der Waals surface area contributed by atoms with Crippen molar-refractivity contribution < 1.29 is 23.8 Å². The van der Waals surface area contributed by atoms with Gasteiger partial charge < -0.3 is 19.1 Å². The number of carbonyl (C=O) groups excluding carboxylic acids is 2. The van der Waals surface area contributed by atoms with E-state index >= 15 is 0 Å². The van der Waals surface area contributed by atoms with E-state index in [-0.39, 0.29) is 18.1 Å². The van der Waals surface area contributed by atoms with Gasteiger partial charge in [0, 0.05) is 19.4 Å². The highest BCUT2D eigenvalue weighted by molar-refractivity contribution is 5.85. The molecule has 2 aromatic carbocycles. The van der Waals surface area contributed by atoms with Crippen LogP contribution in [-0.2, 0) is 37.0 Å². The van der Waals surface area contributed by atoms with Gasteiger partial charge in [0.1, 0.15) is 12.2 Å². The molecule has 0 unspecified atom stereocenters. The minimum absolute atomic E-state index is 0.0476. The first-order valence-electron chi connectivity index (χ1n) is 9.97. The molecule has 4 rings (SSSR count). The van der Waals surface area contributed by atoms with Gasteiger partial charge in [-0.3, -0.25) is 9.59 Å². The highest BCUT2D eigenvalue weighted by Crippen LogP contribution is 2.34. The van der Waals surface area contributed by atoms with Crippen LogP contribution >= 0.6 is 0 Å². The Morgan fingerprint density at radius 1 is 0.931 bits per heavy atom. The van der Waals surface area contributed by atoms with Crippen molar-refractivity contribution in [3.8, 4) is 0 Å². The molecule has 2 aliphatic heterocycles. The highest BCUT2D eigenvalue weighted by atomic mass is 16.6. The summed E-state index contributed by atoms with van der Waals surface area (Å²) in [5.74, 6) is -0.0476. The second kappa shape index (κ2) is 9.20. The molecule has 2 aliphatic rings. The van der Waals surface area contributed by atoms with E-state index in [1.807, 2.05) is 65.6 Å². The van der Waals surface area contributed by atoms with Gasteiger partial charge in [0.05, 0.1) is 19.3 Å². The third-order valence-corrected chi connectivity index (χ3v) is 5.61. The van der Waals surface area contributed by atoms with Crippen LogP contribution in [0.3, 0.4) is 0 Å². The maximum atomic E-state index is 13.1. The molecule has 152 valence electrons. The van der Waals surface area contributed by atoms with Gasteiger partial charge in [-0.15, -0.1) is 0 Å². The molecule has 2 aromatic rings. The molecule has 0 spiro atoms. The zero-order valence-corrected chi connectivity index (χ0v) is 16.2. The zero-order chi connectivity index (χ0) is 20.1. The Labute approximate surface area is 170 Å². The predicted octanol–water partition coefficient (Wildman–Crippen LogP) is 2.70. The summed E-state index contributed by atoms with van der Waals surface area (Å²) in [5.41, 5.74) is 2.05. The van der Waals surface area contributed by atoms with Gasteiger partial charge in [0.2, 0.25) is 0 Å². The van der Waals surface area contributed by atoms with Crippen LogP contribution in [-0.4, -0.2) is 48.2 Å². The first-order chi connectivity index (χ1) is 14.3. The lowest BCUT2D eigenvalue weighted by molar-refractivity contribution is -0.143. The van der Waals surface area contributed by atoms with Crippen LogP contribution in [0.15, 0.2) is 60.7 Å². The van der Waals surface area contributed by atoms with E-state index < -0.39 is 12.2 Å². The molecule has 2 fully saturated rings. The van der Waals surface area contributed by atoms with Gasteiger partial charge in [0.25, 0.3) is 12.4 Å². The van der Waals surface area contributed by atoms with Crippen LogP contribution in [0.4, 0.5) is 0 Å². The lowest BCUT2D eigenvalue weighted by Gasteiger charge is -2.35. The molecule has 2 saturated heterocycles. The van der Waals surface area contributed by atoms with E-state index in [0.717, 1.165) is 11.1 Å². The number of hydrogen-bond donors (Lipinski definition) is 0. The Morgan fingerprint density at radius 2 is 1.55 bits per heavy atom. The normalized spacial score (nSPS) is 26.2. The van der Waals surface area contributed by atoms with Crippen LogP contribution in [0.1, 0.15) is 24.0 Å². The fourth-order valence-electron chi connectivity index (χ4n) is 4.15. The number of hydrogen-bond acceptors (Lipinski definition) is 5. The smallest absolute Gasteiger partial charge is 0.293 e. The number of carbonyl (C=O) groups is 2. The summed E-state index contributed by atoms with van der Waals surface area (Å²) in [6, 6.07) is 19.5. The Balaban J connectivity index is 1.50. The van der Waals surface area contributed by atoms with E-state index in [0.29, 0.717) is 39.1 Å². The topological polar surface area (TPSA) is 65.1 Å². The van der Waals surface area contributed by atoms with Gasteiger partial charge >= 0.3 is 0 Å². The molecule has 0 saturated carbocycles. The maximum Gasteiger partial charge on any atom is 0.293 e. The first-order valence-corrected chi connectivity index (χ1v) is 9.97. The fourth-order valence-corrected chi connectivity index (χ4v) is 4.15. The number of amides is 1. The molecule has 1 amide bonds. The monoisotopic (exact) mass is 395 g/mol. The Morgan fingerprint density at radius 3 is 2.17 bits per heavy atom. The largest absolute Gasteiger partial charge is 0.464 e. The zero-order valence-electron chi connectivity index (χ0n) is 16.2. The molecule has 0 radical (unpaired) electrons. The highest BCUT2D eigenvalue weighted by Gasteiger charge is 2.52. The predicted molar refractivity (Wildman–Crippen MR) is 106 cm³/mol. The van der Waals surface area contributed by atoms with Gasteiger partial charge in [-0.05, 0) is 11.1 Å². The number of fused-ring (bicyclic) bond motifs is 1. The number of nitrogens with zero attached hydrogens (tertiary/aromatic N) is 1. The van der Waals surface area contributed by atoms with Crippen molar-refractivity contribution in [3.63, 3.8) is 0 Å². The van der Waals surface area contributed by atoms with Crippen molar-refractivity contribution >= 4 is 12.4 Å². The third kappa shape index (κ3) is 4.49. The summed E-state index contributed by atoms with van der Waals surface area (Å²) in [5, 5.41) is 0. The molecule has 29 heavy (non-hydrogen) atoms. The van der Waals surface area contributed by atoms with Gasteiger partial charge in [-0.25, -0.2) is 0 Å². The number of benzene rings is 2. The van der Waals surface area contributed by atoms with Gasteiger partial charge in [-0.1, -0.05) is 60.7 Å². The maximum absolute atomic E-state index is 13.1. The molecule has 2 heterocycles. The minimum atomic E-state index is -0.668. The summed E-state index contributed by atoms with van der Waals surface area (Å²) in [7, 11) is 0. The Kier molecular flexibility index (Phi) is 6.22. The second-order valence-electron chi connectivity index (χ2n) is 7.46. The van der Waals surface area contributed by atoms with E-state index in [2.05, 4.69) is 0 Å². The number of ether oxygens (including phenoxy) is 3. The van der Waals surface area contributed by atoms with Gasteiger partial charge in [0.15, 0.2) is 6.10 Å². The van der Waals surface area contributed by atoms with Crippen LogP contribution in [0.5, 0.6) is 0 Å². The van der Waals surface area contributed by atoms with Crippen molar-refractivity contribution in [2.24, 2.45) is 0 Å². The first kappa shape index (κ1) is 19.6. The minimum Gasteiger partial charge on any atom is -0.464 e. The molecule has 0 N–H and O–H groups in total. The molecule has 6 nitrogen and oxygen atoms in total.